The van der Waals surface area contributed by atoms with Crippen LogP contribution in [0, 0.1) is 6.92 Å². The van der Waals surface area contributed by atoms with Crippen LogP contribution in [0.3, 0.4) is 0 Å². The molecule has 1 atom stereocenters. The Morgan fingerprint density at radius 3 is 2.69 bits per heavy atom. The second-order valence-electron chi connectivity index (χ2n) is 3.69. The molecule has 0 spiro atoms. The summed E-state index contributed by atoms with van der Waals surface area (Å²) >= 11 is 0. The number of carboxylic acids is 1. The molecule has 1 heterocycles. The molecule has 2 rings (SSSR count). The largest absolute Gasteiger partial charge is 0.478 e. The van der Waals surface area contributed by atoms with E-state index in [1.54, 1.807) is 31.2 Å². The van der Waals surface area contributed by atoms with Crippen molar-refractivity contribution in [2.24, 2.45) is 0 Å². The predicted molar refractivity (Wildman–Crippen MR) is 55.0 cm³/mol. The van der Waals surface area contributed by atoms with Crippen molar-refractivity contribution >= 4 is 12.1 Å². The number of alkyl carbamates (subject to hydrolysis) is 1. The summed E-state index contributed by atoms with van der Waals surface area (Å²) in [4.78, 5) is 22.4. The van der Waals surface area contributed by atoms with Gasteiger partial charge in [-0.3, -0.25) is 0 Å². The van der Waals surface area contributed by atoms with Crippen LogP contribution < -0.4 is 5.32 Å². The van der Waals surface area contributed by atoms with Crippen molar-refractivity contribution in [3.05, 3.63) is 35.4 Å². The van der Waals surface area contributed by atoms with Gasteiger partial charge in [-0.1, -0.05) is 24.3 Å². The van der Waals surface area contributed by atoms with E-state index < -0.39 is 17.7 Å². The number of carbonyl (C=O) groups is 2. The van der Waals surface area contributed by atoms with Crippen molar-refractivity contribution < 1.29 is 19.4 Å². The highest BCUT2D eigenvalue weighted by Crippen LogP contribution is 2.31. The molecule has 1 aliphatic heterocycles. The predicted octanol–water partition coefficient (Wildman–Crippen LogP) is 1.01. The summed E-state index contributed by atoms with van der Waals surface area (Å²) in [5.41, 5.74) is -0.315. The van der Waals surface area contributed by atoms with Crippen LogP contribution in [-0.4, -0.2) is 23.7 Å². The number of aliphatic carboxylic acids is 1. The van der Waals surface area contributed by atoms with E-state index in [2.05, 4.69) is 5.32 Å². The van der Waals surface area contributed by atoms with Gasteiger partial charge in [-0.05, 0) is 12.5 Å². The second-order valence-corrected chi connectivity index (χ2v) is 3.69. The fourth-order valence-electron chi connectivity index (χ4n) is 1.84. The zero-order chi connectivity index (χ0) is 11.8. The van der Waals surface area contributed by atoms with Gasteiger partial charge in [-0.15, -0.1) is 0 Å². The third kappa shape index (κ3) is 1.41. The van der Waals surface area contributed by atoms with Crippen LogP contribution in [0.2, 0.25) is 0 Å². The molecule has 1 amide bonds. The molecule has 1 unspecified atom stereocenters. The van der Waals surface area contributed by atoms with Crippen LogP contribution in [0.25, 0.3) is 0 Å². The van der Waals surface area contributed by atoms with Crippen LogP contribution >= 0.6 is 0 Å². The van der Waals surface area contributed by atoms with Crippen molar-refractivity contribution in [2.45, 2.75) is 12.5 Å². The van der Waals surface area contributed by atoms with Gasteiger partial charge in [0, 0.05) is 5.56 Å². The summed E-state index contributed by atoms with van der Waals surface area (Å²) in [5, 5.41) is 11.6. The molecule has 1 aliphatic rings. The van der Waals surface area contributed by atoms with Gasteiger partial charge in [0.15, 0.2) is 0 Å². The van der Waals surface area contributed by atoms with Gasteiger partial charge in [-0.25, -0.2) is 9.59 Å². The van der Waals surface area contributed by atoms with Gasteiger partial charge in [0.25, 0.3) is 5.60 Å². The molecule has 5 nitrogen and oxygen atoms in total. The van der Waals surface area contributed by atoms with E-state index in [4.69, 9.17) is 4.74 Å². The molecule has 1 aromatic rings. The van der Waals surface area contributed by atoms with Gasteiger partial charge in [0.1, 0.15) is 0 Å². The summed E-state index contributed by atoms with van der Waals surface area (Å²) < 4.78 is 4.93. The first kappa shape index (κ1) is 10.5. The number of carboxylic acid groups (broad SMARTS) is 1. The molecular weight excluding hydrogens is 210 g/mol. The average molecular weight is 221 g/mol. The Labute approximate surface area is 92.0 Å². The molecule has 84 valence electrons. The van der Waals surface area contributed by atoms with Gasteiger partial charge in [0.05, 0.1) is 6.54 Å². The number of hydrogen-bond acceptors (Lipinski definition) is 3. The monoisotopic (exact) mass is 221 g/mol. The number of amides is 1. The van der Waals surface area contributed by atoms with E-state index >= 15 is 0 Å². The molecular formula is C11H11NO4. The standard InChI is InChI=1S/C11H11NO4/c1-7-4-2-3-5-8(7)11(9(13)14)6-12-10(15)16-11/h2-5H,6H2,1H3,(H,12,15)(H,13,14). The SMILES string of the molecule is Cc1ccccc1C1(C(=O)O)CNC(=O)O1. The third-order valence-electron chi connectivity index (χ3n) is 2.67. The van der Waals surface area contributed by atoms with Crippen LogP contribution in [0.15, 0.2) is 24.3 Å². The molecule has 2 N–H and O–H groups in total. The summed E-state index contributed by atoms with van der Waals surface area (Å²) in [6.07, 6.45) is -0.703. The lowest BCUT2D eigenvalue weighted by Gasteiger charge is -2.23. The normalized spacial score (nSPS) is 23.7. The highest BCUT2D eigenvalue weighted by atomic mass is 16.6. The fourth-order valence-corrected chi connectivity index (χ4v) is 1.84. The van der Waals surface area contributed by atoms with Crippen molar-refractivity contribution in [3.63, 3.8) is 0 Å². The fraction of sp³-hybridized carbons (Fsp3) is 0.273. The zero-order valence-corrected chi connectivity index (χ0v) is 8.69. The topological polar surface area (TPSA) is 75.6 Å². The lowest BCUT2D eigenvalue weighted by molar-refractivity contribution is -0.155. The molecule has 5 heteroatoms. The van der Waals surface area contributed by atoms with Crippen molar-refractivity contribution in [1.29, 1.82) is 0 Å². The van der Waals surface area contributed by atoms with Crippen LogP contribution in [0.5, 0.6) is 0 Å². The molecule has 16 heavy (non-hydrogen) atoms. The minimum atomic E-state index is -1.59. The Morgan fingerprint density at radius 2 is 2.19 bits per heavy atom. The lowest BCUT2D eigenvalue weighted by Crippen LogP contribution is -2.40. The Kier molecular flexibility index (Phi) is 2.30. The molecule has 1 aromatic carbocycles. The van der Waals surface area contributed by atoms with Gasteiger partial charge in [-0.2, -0.15) is 0 Å². The Morgan fingerprint density at radius 1 is 1.50 bits per heavy atom. The van der Waals surface area contributed by atoms with Crippen LogP contribution in [0.1, 0.15) is 11.1 Å². The molecule has 0 aliphatic carbocycles. The number of hydrogen-bond donors (Lipinski definition) is 2. The molecule has 1 saturated heterocycles. The highest BCUT2D eigenvalue weighted by molar-refractivity contribution is 5.87. The minimum Gasteiger partial charge on any atom is -0.478 e. The first-order chi connectivity index (χ1) is 7.56. The van der Waals surface area contributed by atoms with E-state index in [1.165, 1.54) is 0 Å². The lowest BCUT2D eigenvalue weighted by atomic mass is 9.90. The van der Waals surface area contributed by atoms with Crippen molar-refractivity contribution in [1.82, 2.24) is 5.32 Å². The third-order valence-corrected chi connectivity index (χ3v) is 2.67. The molecule has 0 aromatic heterocycles. The van der Waals surface area contributed by atoms with E-state index in [1.807, 2.05) is 0 Å². The van der Waals surface area contributed by atoms with E-state index in [-0.39, 0.29) is 6.54 Å². The summed E-state index contributed by atoms with van der Waals surface area (Å²) in [6, 6.07) is 6.97. The number of benzene rings is 1. The number of ether oxygens (including phenoxy) is 1. The molecule has 0 bridgehead atoms. The maximum absolute atomic E-state index is 11.3. The first-order valence-corrected chi connectivity index (χ1v) is 4.82. The van der Waals surface area contributed by atoms with Gasteiger partial charge < -0.3 is 15.2 Å². The molecule has 0 radical (unpaired) electrons. The van der Waals surface area contributed by atoms with Crippen molar-refractivity contribution in [3.8, 4) is 0 Å². The molecule has 0 saturated carbocycles. The summed E-state index contributed by atoms with van der Waals surface area (Å²) in [7, 11) is 0. The Bertz CT molecular complexity index is 457. The second kappa shape index (κ2) is 3.52. The van der Waals surface area contributed by atoms with Crippen LogP contribution in [-0.2, 0) is 15.1 Å². The van der Waals surface area contributed by atoms with Crippen LogP contribution in [0.4, 0.5) is 4.79 Å². The number of cyclic esters (lactones) is 1. The Hall–Kier alpha value is -2.04. The zero-order valence-electron chi connectivity index (χ0n) is 8.69. The number of aryl methyl sites for hydroxylation is 1. The number of rotatable bonds is 2. The average Bonchev–Trinajstić information content (AvgIpc) is 2.62. The molecule has 1 fully saturated rings. The minimum absolute atomic E-state index is 0.0496. The number of carbonyl (C=O) groups excluding carboxylic acids is 1. The smallest absolute Gasteiger partial charge is 0.408 e. The number of nitrogens with one attached hydrogen (secondary N) is 1. The quantitative estimate of drug-likeness (QED) is 0.781. The van der Waals surface area contributed by atoms with Gasteiger partial charge >= 0.3 is 12.1 Å². The first-order valence-electron chi connectivity index (χ1n) is 4.82. The Balaban J connectivity index is 2.53. The van der Waals surface area contributed by atoms with E-state index in [0.717, 1.165) is 5.56 Å². The van der Waals surface area contributed by atoms with Gasteiger partial charge in [0.2, 0.25) is 0 Å². The maximum Gasteiger partial charge on any atom is 0.408 e. The van der Waals surface area contributed by atoms with E-state index in [0.29, 0.717) is 5.56 Å². The summed E-state index contributed by atoms with van der Waals surface area (Å²) in [5.74, 6) is -1.17. The summed E-state index contributed by atoms with van der Waals surface area (Å²) in [6.45, 7) is 1.73. The maximum atomic E-state index is 11.3. The highest BCUT2D eigenvalue weighted by Gasteiger charge is 2.50. The van der Waals surface area contributed by atoms with E-state index in [9.17, 15) is 14.7 Å². The van der Waals surface area contributed by atoms with Crippen molar-refractivity contribution in [2.75, 3.05) is 6.54 Å².